The second kappa shape index (κ2) is 8.56. The Morgan fingerprint density at radius 1 is 1.37 bits per heavy atom. The van der Waals surface area contributed by atoms with E-state index in [0.29, 0.717) is 18.0 Å². The molecule has 1 rings (SSSR count). The van der Waals surface area contributed by atoms with Crippen LogP contribution in [-0.4, -0.2) is 30.4 Å². The minimum absolute atomic E-state index is 0.204. The lowest BCUT2D eigenvalue weighted by Crippen LogP contribution is -2.32. The zero-order valence-corrected chi connectivity index (χ0v) is 13.7. The van der Waals surface area contributed by atoms with Crippen molar-refractivity contribution in [2.24, 2.45) is 0 Å². The largest absolute Gasteiger partial charge is 0.343 e. The van der Waals surface area contributed by atoms with Gasteiger partial charge >= 0.3 is 0 Å². The second-order valence-electron chi connectivity index (χ2n) is 4.24. The Morgan fingerprint density at radius 3 is 2.63 bits per heavy atom. The van der Waals surface area contributed by atoms with Gasteiger partial charge in [0.05, 0.1) is 5.02 Å². The van der Waals surface area contributed by atoms with E-state index in [4.69, 9.17) is 11.6 Å². The molecule has 5 heteroatoms. The molecule has 0 unspecified atom stereocenters. The lowest BCUT2D eigenvalue weighted by atomic mass is 10.2. The minimum atomic E-state index is 0.204. The van der Waals surface area contributed by atoms with E-state index in [1.54, 1.807) is 0 Å². The van der Waals surface area contributed by atoms with E-state index >= 15 is 0 Å². The van der Waals surface area contributed by atoms with Crippen molar-refractivity contribution >= 4 is 33.4 Å². The van der Waals surface area contributed by atoms with Gasteiger partial charge in [0.2, 0.25) is 5.91 Å². The molecule has 19 heavy (non-hydrogen) atoms. The molecular formula is C14H20BrClN2O. The molecule has 0 aliphatic rings. The number of carbonyl (C=O) groups is 1. The monoisotopic (exact) mass is 346 g/mol. The first kappa shape index (κ1) is 16.5. The van der Waals surface area contributed by atoms with Gasteiger partial charge in [-0.05, 0) is 47.5 Å². The summed E-state index contributed by atoms with van der Waals surface area (Å²) in [6, 6.07) is 5.83. The SMILES string of the molecule is CCN(CC)C(=O)CCNCc1ccc(Cl)c(Br)c1. The summed E-state index contributed by atoms with van der Waals surface area (Å²) >= 11 is 9.33. The fourth-order valence-corrected chi connectivity index (χ4v) is 2.36. The van der Waals surface area contributed by atoms with E-state index in [9.17, 15) is 4.79 Å². The number of carbonyl (C=O) groups excluding carboxylic acids is 1. The van der Waals surface area contributed by atoms with Crippen LogP contribution < -0.4 is 5.32 Å². The lowest BCUT2D eigenvalue weighted by molar-refractivity contribution is -0.130. The van der Waals surface area contributed by atoms with Crippen molar-refractivity contribution in [3.8, 4) is 0 Å². The molecule has 0 aromatic heterocycles. The molecule has 106 valence electrons. The fraction of sp³-hybridized carbons (Fsp3) is 0.500. The van der Waals surface area contributed by atoms with Crippen LogP contribution in [0, 0.1) is 0 Å². The summed E-state index contributed by atoms with van der Waals surface area (Å²) in [5.41, 5.74) is 1.14. The van der Waals surface area contributed by atoms with Crippen LogP contribution in [0.25, 0.3) is 0 Å². The normalized spacial score (nSPS) is 10.5. The third-order valence-electron chi connectivity index (χ3n) is 2.94. The summed E-state index contributed by atoms with van der Waals surface area (Å²) in [4.78, 5) is 13.6. The van der Waals surface area contributed by atoms with Gasteiger partial charge < -0.3 is 10.2 Å². The first-order chi connectivity index (χ1) is 9.08. The van der Waals surface area contributed by atoms with Crippen molar-refractivity contribution in [3.05, 3.63) is 33.3 Å². The Bertz CT molecular complexity index is 422. The van der Waals surface area contributed by atoms with Crippen LogP contribution in [0.3, 0.4) is 0 Å². The van der Waals surface area contributed by atoms with E-state index < -0.39 is 0 Å². The average molecular weight is 348 g/mol. The van der Waals surface area contributed by atoms with Crippen molar-refractivity contribution in [3.63, 3.8) is 0 Å². The Morgan fingerprint density at radius 2 is 2.05 bits per heavy atom. The summed E-state index contributed by atoms with van der Waals surface area (Å²) in [5.74, 6) is 0.204. The molecule has 1 aromatic rings. The van der Waals surface area contributed by atoms with Gasteiger partial charge in [-0.3, -0.25) is 4.79 Å². The Hall–Kier alpha value is -0.580. The maximum absolute atomic E-state index is 11.8. The summed E-state index contributed by atoms with van der Waals surface area (Å²) in [6.45, 7) is 6.98. The maximum atomic E-state index is 11.8. The zero-order valence-electron chi connectivity index (χ0n) is 11.4. The van der Waals surface area contributed by atoms with Gasteiger partial charge in [-0.2, -0.15) is 0 Å². The molecule has 0 bridgehead atoms. The second-order valence-corrected chi connectivity index (χ2v) is 5.50. The van der Waals surface area contributed by atoms with Crippen LogP contribution in [0.15, 0.2) is 22.7 Å². The van der Waals surface area contributed by atoms with Crippen molar-refractivity contribution in [1.29, 1.82) is 0 Å². The number of nitrogens with zero attached hydrogens (tertiary/aromatic N) is 1. The van der Waals surface area contributed by atoms with Crippen molar-refractivity contribution in [1.82, 2.24) is 10.2 Å². The van der Waals surface area contributed by atoms with Crippen LogP contribution in [0.1, 0.15) is 25.8 Å². The van der Waals surface area contributed by atoms with E-state index in [-0.39, 0.29) is 5.91 Å². The molecular weight excluding hydrogens is 328 g/mol. The molecule has 1 amide bonds. The topological polar surface area (TPSA) is 32.3 Å². The highest BCUT2D eigenvalue weighted by Gasteiger charge is 2.08. The quantitative estimate of drug-likeness (QED) is 0.766. The molecule has 0 spiro atoms. The molecule has 0 aliphatic heterocycles. The van der Waals surface area contributed by atoms with E-state index in [0.717, 1.165) is 29.7 Å². The minimum Gasteiger partial charge on any atom is -0.343 e. The van der Waals surface area contributed by atoms with Crippen LogP contribution in [0.5, 0.6) is 0 Å². The average Bonchev–Trinajstić information content (AvgIpc) is 2.40. The number of rotatable bonds is 7. The summed E-state index contributed by atoms with van der Waals surface area (Å²) in [7, 11) is 0. The molecule has 0 saturated carbocycles. The predicted molar refractivity (Wildman–Crippen MR) is 83.4 cm³/mol. The number of amides is 1. The molecule has 3 nitrogen and oxygen atoms in total. The van der Waals surface area contributed by atoms with Gasteiger partial charge in [-0.25, -0.2) is 0 Å². The number of nitrogens with one attached hydrogen (secondary N) is 1. The van der Waals surface area contributed by atoms with Gasteiger partial charge in [-0.15, -0.1) is 0 Å². The van der Waals surface area contributed by atoms with E-state index in [1.807, 2.05) is 36.9 Å². The van der Waals surface area contributed by atoms with E-state index in [1.165, 1.54) is 0 Å². The standard InChI is InChI=1S/C14H20BrClN2O/c1-3-18(4-2)14(19)7-8-17-10-11-5-6-13(16)12(15)9-11/h5-6,9,17H,3-4,7-8,10H2,1-2H3. The first-order valence-electron chi connectivity index (χ1n) is 6.50. The number of hydrogen-bond donors (Lipinski definition) is 1. The number of hydrogen-bond acceptors (Lipinski definition) is 2. The summed E-state index contributed by atoms with van der Waals surface area (Å²) < 4.78 is 0.896. The molecule has 1 N–H and O–H groups in total. The van der Waals surface area contributed by atoms with Crippen LogP contribution in [-0.2, 0) is 11.3 Å². The molecule has 0 radical (unpaired) electrons. The van der Waals surface area contributed by atoms with Crippen LogP contribution in [0.2, 0.25) is 5.02 Å². The van der Waals surface area contributed by atoms with E-state index in [2.05, 4.69) is 21.2 Å². The van der Waals surface area contributed by atoms with Gasteiger partial charge in [0.25, 0.3) is 0 Å². The summed E-state index contributed by atoms with van der Waals surface area (Å²) in [6.07, 6.45) is 0.538. The third kappa shape index (κ3) is 5.51. The molecule has 0 fully saturated rings. The molecule has 0 aliphatic carbocycles. The molecule has 0 saturated heterocycles. The van der Waals surface area contributed by atoms with Gasteiger partial charge in [0.15, 0.2) is 0 Å². The molecule has 1 aromatic carbocycles. The highest BCUT2D eigenvalue weighted by atomic mass is 79.9. The smallest absolute Gasteiger partial charge is 0.223 e. The number of benzene rings is 1. The highest BCUT2D eigenvalue weighted by molar-refractivity contribution is 9.10. The van der Waals surface area contributed by atoms with Gasteiger partial charge in [-0.1, -0.05) is 17.7 Å². The van der Waals surface area contributed by atoms with Crippen molar-refractivity contribution in [2.75, 3.05) is 19.6 Å². The first-order valence-corrected chi connectivity index (χ1v) is 7.68. The fourth-order valence-electron chi connectivity index (χ4n) is 1.81. The number of halogens is 2. The van der Waals surface area contributed by atoms with Crippen LogP contribution >= 0.6 is 27.5 Å². The Labute approximate surface area is 128 Å². The Balaban J connectivity index is 2.31. The van der Waals surface area contributed by atoms with Gasteiger partial charge in [0.1, 0.15) is 0 Å². The third-order valence-corrected chi connectivity index (χ3v) is 4.16. The zero-order chi connectivity index (χ0) is 14.3. The Kier molecular flexibility index (Phi) is 7.42. The predicted octanol–water partition coefficient (Wildman–Crippen LogP) is 3.45. The highest BCUT2D eigenvalue weighted by Crippen LogP contribution is 2.23. The van der Waals surface area contributed by atoms with Crippen LogP contribution in [0.4, 0.5) is 0 Å². The maximum Gasteiger partial charge on any atom is 0.223 e. The van der Waals surface area contributed by atoms with Crippen molar-refractivity contribution in [2.45, 2.75) is 26.8 Å². The molecule has 0 atom stereocenters. The lowest BCUT2D eigenvalue weighted by Gasteiger charge is -2.18. The summed E-state index contributed by atoms with van der Waals surface area (Å²) in [5, 5.41) is 3.98. The molecule has 0 heterocycles. The van der Waals surface area contributed by atoms with Crippen molar-refractivity contribution < 1.29 is 4.79 Å². The van der Waals surface area contributed by atoms with Gasteiger partial charge in [0, 0.05) is 37.1 Å².